The van der Waals surface area contributed by atoms with E-state index >= 15 is 0 Å². The Balaban J connectivity index is 1.87. The van der Waals surface area contributed by atoms with Crippen molar-refractivity contribution in [2.75, 3.05) is 0 Å². The monoisotopic (exact) mass is 304 g/mol. The molecule has 0 aliphatic heterocycles. The van der Waals surface area contributed by atoms with Crippen LogP contribution < -0.4 is 0 Å². The molecule has 2 aromatic carbocycles. The minimum Gasteiger partial charge on any atom is -0.269 e. The van der Waals surface area contributed by atoms with E-state index in [2.05, 4.69) is 31.0 Å². The number of benzene rings is 2. The van der Waals surface area contributed by atoms with Gasteiger partial charge in [0.05, 0.1) is 11.0 Å². The second kappa shape index (κ2) is 6.21. The maximum Gasteiger partial charge on any atom is 0.256 e. The summed E-state index contributed by atoms with van der Waals surface area (Å²) in [7, 11) is 0. The van der Waals surface area contributed by atoms with E-state index in [0.717, 1.165) is 16.6 Å². The molecule has 0 amide bonds. The van der Waals surface area contributed by atoms with E-state index in [9.17, 15) is 4.79 Å². The van der Waals surface area contributed by atoms with Gasteiger partial charge < -0.3 is 0 Å². The molecule has 116 valence electrons. The number of fused-ring (bicyclic) bond motifs is 1. The average Bonchev–Trinajstić information content (AvgIpc) is 2.88. The lowest BCUT2D eigenvalue weighted by atomic mass is 10.0. The first-order valence-corrected chi connectivity index (χ1v) is 7.82. The van der Waals surface area contributed by atoms with E-state index in [4.69, 9.17) is 0 Å². The standard InChI is InChI=1S/C20H20N2O/c1-14(2)17-11-8-16(9-12-17)10-13-20(23)22-15(3)21-18-6-4-5-7-19(18)22/h4-14H,1-3H3/b13-10+. The van der Waals surface area contributed by atoms with Gasteiger partial charge in [-0.3, -0.25) is 9.36 Å². The molecule has 0 aliphatic rings. The summed E-state index contributed by atoms with van der Waals surface area (Å²) in [5, 5.41) is 0. The molecule has 0 saturated carbocycles. The van der Waals surface area contributed by atoms with Gasteiger partial charge in [0.1, 0.15) is 5.82 Å². The normalized spacial score (nSPS) is 11.7. The van der Waals surface area contributed by atoms with Gasteiger partial charge in [-0.15, -0.1) is 0 Å². The van der Waals surface area contributed by atoms with E-state index in [-0.39, 0.29) is 5.91 Å². The van der Waals surface area contributed by atoms with Crippen LogP contribution in [0.15, 0.2) is 54.6 Å². The van der Waals surface area contributed by atoms with E-state index in [1.54, 1.807) is 10.6 Å². The van der Waals surface area contributed by atoms with E-state index in [1.165, 1.54) is 5.56 Å². The number of carbonyl (C=O) groups is 1. The lowest BCUT2D eigenvalue weighted by Crippen LogP contribution is -2.08. The van der Waals surface area contributed by atoms with Gasteiger partial charge in [-0.1, -0.05) is 50.2 Å². The number of rotatable bonds is 3. The third kappa shape index (κ3) is 3.09. The minimum atomic E-state index is -0.0795. The second-order valence-corrected chi connectivity index (χ2v) is 5.98. The van der Waals surface area contributed by atoms with Crippen molar-refractivity contribution in [1.82, 2.24) is 9.55 Å². The molecule has 0 spiro atoms. The molecule has 0 aliphatic carbocycles. The number of para-hydroxylation sites is 2. The SMILES string of the molecule is Cc1nc2ccccc2n1C(=O)/C=C/c1ccc(C(C)C)cc1. The van der Waals surface area contributed by atoms with Crippen molar-refractivity contribution < 1.29 is 4.79 Å². The van der Waals surface area contributed by atoms with Crippen LogP contribution in [0.4, 0.5) is 0 Å². The van der Waals surface area contributed by atoms with E-state index in [0.29, 0.717) is 11.7 Å². The molecular formula is C20H20N2O. The summed E-state index contributed by atoms with van der Waals surface area (Å²) < 4.78 is 1.65. The zero-order valence-corrected chi connectivity index (χ0v) is 13.7. The Bertz CT molecular complexity index is 870. The summed E-state index contributed by atoms with van der Waals surface area (Å²) >= 11 is 0. The highest BCUT2D eigenvalue weighted by Gasteiger charge is 2.11. The Morgan fingerprint density at radius 1 is 1.09 bits per heavy atom. The Labute approximate surface area is 136 Å². The van der Waals surface area contributed by atoms with Crippen LogP contribution in [0.25, 0.3) is 17.1 Å². The molecule has 3 heteroatoms. The molecular weight excluding hydrogens is 284 g/mol. The quantitative estimate of drug-likeness (QED) is 0.650. The second-order valence-electron chi connectivity index (χ2n) is 5.98. The van der Waals surface area contributed by atoms with Crippen molar-refractivity contribution in [3.8, 4) is 0 Å². The largest absolute Gasteiger partial charge is 0.269 e. The molecule has 3 aromatic rings. The van der Waals surface area contributed by atoms with Crippen molar-refractivity contribution in [3.63, 3.8) is 0 Å². The number of imidazole rings is 1. The van der Waals surface area contributed by atoms with Gasteiger partial charge in [0.15, 0.2) is 0 Å². The van der Waals surface area contributed by atoms with Crippen molar-refractivity contribution >= 4 is 23.0 Å². The molecule has 23 heavy (non-hydrogen) atoms. The lowest BCUT2D eigenvalue weighted by molar-refractivity contribution is 0.0972. The Morgan fingerprint density at radius 2 is 1.78 bits per heavy atom. The van der Waals surface area contributed by atoms with E-state index in [1.807, 2.05) is 49.4 Å². The van der Waals surface area contributed by atoms with E-state index < -0.39 is 0 Å². The highest BCUT2D eigenvalue weighted by molar-refractivity contribution is 5.99. The Kier molecular flexibility index (Phi) is 4.11. The molecule has 1 heterocycles. The van der Waals surface area contributed by atoms with Gasteiger partial charge in [0.25, 0.3) is 5.91 Å². The summed E-state index contributed by atoms with van der Waals surface area (Å²) in [5.74, 6) is 1.13. The first-order chi connectivity index (χ1) is 11.1. The highest BCUT2D eigenvalue weighted by atomic mass is 16.2. The number of carbonyl (C=O) groups excluding carboxylic acids is 1. The van der Waals surface area contributed by atoms with Gasteiger partial charge >= 0.3 is 0 Å². The van der Waals surface area contributed by atoms with Crippen molar-refractivity contribution in [2.24, 2.45) is 0 Å². The number of hydrogen-bond donors (Lipinski definition) is 0. The van der Waals surface area contributed by atoms with Crippen molar-refractivity contribution in [3.05, 3.63) is 71.6 Å². The molecule has 0 radical (unpaired) electrons. The highest BCUT2D eigenvalue weighted by Crippen LogP contribution is 2.17. The molecule has 0 unspecified atom stereocenters. The van der Waals surface area contributed by atoms with Crippen LogP contribution in [0, 0.1) is 6.92 Å². The van der Waals surface area contributed by atoms with Crippen molar-refractivity contribution in [1.29, 1.82) is 0 Å². The Morgan fingerprint density at radius 3 is 2.48 bits per heavy atom. The summed E-state index contributed by atoms with van der Waals surface area (Å²) in [6.45, 7) is 6.19. The summed E-state index contributed by atoms with van der Waals surface area (Å²) in [6, 6.07) is 16.0. The zero-order valence-electron chi connectivity index (χ0n) is 13.7. The molecule has 0 saturated heterocycles. The molecule has 0 atom stereocenters. The maximum atomic E-state index is 12.5. The number of hydrogen-bond acceptors (Lipinski definition) is 2. The third-order valence-corrected chi connectivity index (χ3v) is 3.97. The first-order valence-electron chi connectivity index (χ1n) is 7.82. The smallest absolute Gasteiger partial charge is 0.256 e. The van der Waals surface area contributed by atoms with Crippen LogP contribution in [0.3, 0.4) is 0 Å². The van der Waals surface area contributed by atoms with Crippen LogP contribution >= 0.6 is 0 Å². The van der Waals surface area contributed by atoms with Gasteiger partial charge in [-0.25, -0.2) is 4.98 Å². The molecule has 3 nitrogen and oxygen atoms in total. The van der Waals surface area contributed by atoms with Crippen LogP contribution in [0.5, 0.6) is 0 Å². The van der Waals surface area contributed by atoms with Crippen LogP contribution in [-0.2, 0) is 0 Å². The zero-order chi connectivity index (χ0) is 16.4. The van der Waals surface area contributed by atoms with Gasteiger partial charge in [0, 0.05) is 6.08 Å². The Hall–Kier alpha value is -2.68. The van der Waals surface area contributed by atoms with Crippen molar-refractivity contribution in [2.45, 2.75) is 26.7 Å². The third-order valence-electron chi connectivity index (χ3n) is 3.97. The number of aromatic nitrogens is 2. The topological polar surface area (TPSA) is 34.9 Å². The minimum absolute atomic E-state index is 0.0795. The molecule has 1 aromatic heterocycles. The summed E-state index contributed by atoms with van der Waals surface area (Å²) in [4.78, 5) is 17.0. The average molecular weight is 304 g/mol. The van der Waals surface area contributed by atoms with Gasteiger partial charge in [0.2, 0.25) is 0 Å². The molecule has 3 rings (SSSR count). The number of aryl methyl sites for hydroxylation is 1. The lowest BCUT2D eigenvalue weighted by Gasteiger charge is -2.05. The van der Waals surface area contributed by atoms with Crippen LogP contribution in [0.1, 0.15) is 41.5 Å². The first kappa shape index (κ1) is 15.2. The van der Waals surface area contributed by atoms with Gasteiger partial charge in [-0.05, 0) is 42.2 Å². The fraction of sp³-hybridized carbons (Fsp3) is 0.200. The fourth-order valence-corrected chi connectivity index (χ4v) is 2.66. The van der Waals surface area contributed by atoms with Crippen LogP contribution in [-0.4, -0.2) is 15.5 Å². The number of allylic oxidation sites excluding steroid dienone is 1. The van der Waals surface area contributed by atoms with Crippen LogP contribution in [0.2, 0.25) is 0 Å². The molecule has 0 N–H and O–H groups in total. The summed E-state index contributed by atoms with van der Waals surface area (Å²) in [5.41, 5.74) is 4.00. The van der Waals surface area contributed by atoms with Gasteiger partial charge in [-0.2, -0.15) is 0 Å². The summed E-state index contributed by atoms with van der Waals surface area (Å²) in [6.07, 6.45) is 3.45. The predicted molar refractivity (Wildman–Crippen MR) is 94.7 cm³/mol. The maximum absolute atomic E-state index is 12.5. The fourth-order valence-electron chi connectivity index (χ4n) is 2.66. The number of nitrogens with zero attached hydrogens (tertiary/aromatic N) is 2. The molecule has 0 fully saturated rings. The molecule has 0 bridgehead atoms. The predicted octanol–water partition coefficient (Wildman–Crippen LogP) is 4.82.